The third-order valence-electron chi connectivity index (χ3n) is 4.82. The number of cyclic esters (lactones) is 1. The van der Waals surface area contributed by atoms with E-state index in [1.165, 1.54) is 19.3 Å². The van der Waals surface area contributed by atoms with Crippen molar-refractivity contribution in [1.29, 1.82) is 0 Å². The van der Waals surface area contributed by atoms with E-state index in [1.807, 2.05) is 0 Å². The molecule has 0 amide bonds. The standard InChI is InChI=1S/C11H14O3/c12-10-8-4-7-6-2-1-3-9(6)14-11(7,8)5-13-10/h6-9H,1-5H2/t6-,7-,8+,9-,11-/m0/s1. The molecule has 76 valence electrons. The van der Waals surface area contributed by atoms with Gasteiger partial charge in [0.25, 0.3) is 0 Å². The number of hydrogen-bond acceptors (Lipinski definition) is 3. The second kappa shape index (κ2) is 2.16. The van der Waals surface area contributed by atoms with Crippen molar-refractivity contribution in [2.24, 2.45) is 17.8 Å². The van der Waals surface area contributed by atoms with Crippen LogP contribution in [0.4, 0.5) is 0 Å². The molecular weight excluding hydrogens is 180 g/mol. The predicted molar refractivity (Wildman–Crippen MR) is 47.5 cm³/mol. The van der Waals surface area contributed by atoms with Gasteiger partial charge >= 0.3 is 5.97 Å². The topological polar surface area (TPSA) is 35.5 Å². The van der Waals surface area contributed by atoms with Crippen molar-refractivity contribution in [3.05, 3.63) is 0 Å². The lowest BCUT2D eigenvalue weighted by Crippen LogP contribution is -2.55. The summed E-state index contributed by atoms with van der Waals surface area (Å²) >= 11 is 0. The number of ether oxygens (including phenoxy) is 2. The Kier molecular flexibility index (Phi) is 1.19. The van der Waals surface area contributed by atoms with Gasteiger partial charge in [0.1, 0.15) is 12.2 Å². The van der Waals surface area contributed by atoms with Crippen molar-refractivity contribution in [2.45, 2.75) is 37.4 Å². The maximum atomic E-state index is 11.4. The minimum atomic E-state index is -0.160. The van der Waals surface area contributed by atoms with Gasteiger partial charge in [0.15, 0.2) is 0 Å². The third kappa shape index (κ3) is 0.630. The first kappa shape index (κ1) is 7.69. The Morgan fingerprint density at radius 3 is 3.14 bits per heavy atom. The van der Waals surface area contributed by atoms with Gasteiger partial charge in [0.2, 0.25) is 0 Å². The highest BCUT2D eigenvalue weighted by Gasteiger charge is 2.72. The van der Waals surface area contributed by atoms with Crippen molar-refractivity contribution in [1.82, 2.24) is 0 Å². The summed E-state index contributed by atoms with van der Waals surface area (Å²) in [6.45, 7) is 0.536. The van der Waals surface area contributed by atoms with E-state index in [9.17, 15) is 4.79 Å². The quantitative estimate of drug-likeness (QED) is 0.542. The van der Waals surface area contributed by atoms with Crippen LogP contribution < -0.4 is 0 Å². The van der Waals surface area contributed by atoms with Crippen LogP contribution in [0, 0.1) is 17.8 Å². The molecule has 0 unspecified atom stereocenters. The van der Waals surface area contributed by atoms with Gasteiger partial charge in [-0.05, 0) is 31.1 Å². The van der Waals surface area contributed by atoms with Crippen LogP contribution in [0.1, 0.15) is 25.7 Å². The van der Waals surface area contributed by atoms with Gasteiger partial charge in [0, 0.05) is 0 Å². The highest BCUT2D eigenvalue weighted by atomic mass is 16.6. The SMILES string of the molecule is O=C1OC[C@]23O[C@H]4CCC[C@H]4[C@@H]2C[C@H]13. The van der Waals surface area contributed by atoms with Gasteiger partial charge in [-0.15, -0.1) is 0 Å². The molecule has 0 aromatic rings. The molecule has 1 spiro atoms. The summed E-state index contributed by atoms with van der Waals surface area (Å²) in [5, 5.41) is 0. The molecule has 2 aliphatic heterocycles. The number of esters is 1. The molecule has 3 heteroatoms. The second-order valence-electron chi connectivity index (χ2n) is 5.21. The molecule has 3 nitrogen and oxygen atoms in total. The Bertz CT molecular complexity index is 314. The van der Waals surface area contributed by atoms with Crippen molar-refractivity contribution >= 4 is 5.97 Å². The maximum absolute atomic E-state index is 11.4. The van der Waals surface area contributed by atoms with E-state index in [1.54, 1.807) is 0 Å². The van der Waals surface area contributed by atoms with Crippen LogP contribution in [0.5, 0.6) is 0 Å². The van der Waals surface area contributed by atoms with Gasteiger partial charge in [-0.25, -0.2) is 0 Å². The van der Waals surface area contributed by atoms with Gasteiger partial charge in [-0.3, -0.25) is 4.79 Å². The van der Waals surface area contributed by atoms with E-state index < -0.39 is 0 Å². The average molecular weight is 194 g/mol. The molecular formula is C11H14O3. The first-order valence-electron chi connectivity index (χ1n) is 5.66. The fourth-order valence-electron chi connectivity index (χ4n) is 4.12. The zero-order valence-electron chi connectivity index (χ0n) is 8.07. The third-order valence-corrected chi connectivity index (χ3v) is 4.82. The van der Waals surface area contributed by atoms with E-state index in [-0.39, 0.29) is 17.5 Å². The van der Waals surface area contributed by atoms with Crippen LogP contribution >= 0.6 is 0 Å². The molecule has 2 heterocycles. The Morgan fingerprint density at radius 1 is 1.36 bits per heavy atom. The lowest BCUT2D eigenvalue weighted by Gasteiger charge is -2.44. The van der Waals surface area contributed by atoms with Crippen molar-refractivity contribution < 1.29 is 14.3 Å². The van der Waals surface area contributed by atoms with Crippen LogP contribution in [-0.2, 0) is 14.3 Å². The fraction of sp³-hybridized carbons (Fsp3) is 0.909. The summed E-state index contributed by atoms with van der Waals surface area (Å²) in [5.74, 6) is 1.44. The highest BCUT2D eigenvalue weighted by molar-refractivity contribution is 5.78. The maximum Gasteiger partial charge on any atom is 0.312 e. The average Bonchev–Trinajstić information content (AvgIpc) is 2.72. The van der Waals surface area contributed by atoms with E-state index in [0.717, 1.165) is 12.3 Å². The molecule has 5 atom stereocenters. The summed E-state index contributed by atoms with van der Waals surface area (Å²) in [4.78, 5) is 11.4. The van der Waals surface area contributed by atoms with Crippen LogP contribution in [0.25, 0.3) is 0 Å². The molecule has 4 fully saturated rings. The highest BCUT2D eigenvalue weighted by Crippen LogP contribution is 2.63. The summed E-state index contributed by atoms with van der Waals surface area (Å²) in [6, 6.07) is 0. The normalized spacial score (nSPS) is 58.7. The monoisotopic (exact) mass is 194 g/mol. The lowest BCUT2D eigenvalue weighted by atomic mass is 9.59. The first-order chi connectivity index (χ1) is 6.81. The molecule has 0 bridgehead atoms. The van der Waals surface area contributed by atoms with E-state index in [0.29, 0.717) is 18.6 Å². The van der Waals surface area contributed by atoms with Gasteiger partial charge in [0.05, 0.1) is 12.0 Å². The number of carbonyl (C=O) groups excluding carboxylic acids is 1. The van der Waals surface area contributed by atoms with Crippen LogP contribution in [0.3, 0.4) is 0 Å². The Hall–Kier alpha value is -0.570. The second-order valence-corrected chi connectivity index (χ2v) is 5.21. The Morgan fingerprint density at radius 2 is 2.29 bits per heavy atom. The van der Waals surface area contributed by atoms with Crippen LogP contribution in [0.2, 0.25) is 0 Å². The molecule has 0 aromatic heterocycles. The largest absolute Gasteiger partial charge is 0.462 e. The molecule has 2 aliphatic carbocycles. The fourth-order valence-corrected chi connectivity index (χ4v) is 4.12. The molecule has 0 aromatic carbocycles. The zero-order valence-corrected chi connectivity index (χ0v) is 8.07. The Labute approximate surface area is 82.8 Å². The summed E-state index contributed by atoms with van der Waals surface area (Å²) in [5.41, 5.74) is -0.160. The van der Waals surface area contributed by atoms with Gasteiger partial charge < -0.3 is 9.47 Å². The van der Waals surface area contributed by atoms with Gasteiger partial charge in [-0.2, -0.15) is 0 Å². The number of hydrogen-bond donors (Lipinski definition) is 0. The predicted octanol–water partition coefficient (Wildman–Crippen LogP) is 1.12. The minimum Gasteiger partial charge on any atom is -0.462 e. The molecule has 2 saturated carbocycles. The molecule has 14 heavy (non-hydrogen) atoms. The lowest BCUT2D eigenvalue weighted by molar-refractivity contribution is -0.151. The number of fused-ring (bicyclic) bond motifs is 2. The molecule has 0 N–H and O–H groups in total. The van der Waals surface area contributed by atoms with E-state index in [2.05, 4.69) is 0 Å². The number of rotatable bonds is 0. The Balaban J connectivity index is 1.71. The molecule has 2 saturated heterocycles. The van der Waals surface area contributed by atoms with Crippen molar-refractivity contribution in [2.75, 3.05) is 6.61 Å². The smallest absolute Gasteiger partial charge is 0.312 e. The van der Waals surface area contributed by atoms with Crippen molar-refractivity contribution in [3.8, 4) is 0 Å². The molecule has 4 rings (SSSR count). The summed E-state index contributed by atoms with van der Waals surface area (Å²) in [6.07, 6.45) is 5.28. The van der Waals surface area contributed by atoms with E-state index >= 15 is 0 Å². The van der Waals surface area contributed by atoms with E-state index in [4.69, 9.17) is 9.47 Å². The van der Waals surface area contributed by atoms with Gasteiger partial charge in [-0.1, -0.05) is 6.42 Å². The van der Waals surface area contributed by atoms with Crippen molar-refractivity contribution in [3.63, 3.8) is 0 Å². The van der Waals surface area contributed by atoms with Crippen LogP contribution in [0.15, 0.2) is 0 Å². The first-order valence-corrected chi connectivity index (χ1v) is 5.66. The molecule has 4 aliphatic rings. The zero-order chi connectivity index (χ0) is 9.34. The summed E-state index contributed by atoms with van der Waals surface area (Å²) < 4.78 is 11.3. The van der Waals surface area contributed by atoms with Crippen LogP contribution in [-0.4, -0.2) is 24.3 Å². The number of carbonyl (C=O) groups is 1. The molecule has 0 radical (unpaired) electrons. The minimum absolute atomic E-state index is 0.0128. The summed E-state index contributed by atoms with van der Waals surface area (Å²) in [7, 11) is 0.